The summed E-state index contributed by atoms with van der Waals surface area (Å²) in [4.78, 5) is 24.5. The summed E-state index contributed by atoms with van der Waals surface area (Å²) in [5.74, 6) is 0. The van der Waals surface area contributed by atoms with Crippen LogP contribution in [0.3, 0.4) is 0 Å². The number of hydrogen-bond acceptors (Lipinski definition) is 5. The Morgan fingerprint density at radius 2 is 2.00 bits per heavy atom. The summed E-state index contributed by atoms with van der Waals surface area (Å²) in [7, 11) is 0. The third-order valence-corrected chi connectivity index (χ3v) is 2.71. The normalized spacial score (nSPS) is 19.0. The van der Waals surface area contributed by atoms with Crippen molar-refractivity contribution in [3.8, 4) is 0 Å². The molecule has 1 rings (SSSR count). The summed E-state index contributed by atoms with van der Waals surface area (Å²) in [5.41, 5.74) is -1.06. The van der Waals surface area contributed by atoms with Crippen LogP contribution in [0.2, 0.25) is 0 Å². The van der Waals surface area contributed by atoms with Gasteiger partial charge in [0.2, 0.25) is 0 Å². The van der Waals surface area contributed by atoms with Crippen LogP contribution in [-0.2, 0) is 4.84 Å². The zero-order valence-electron chi connectivity index (χ0n) is 6.38. The van der Waals surface area contributed by atoms with E-state index in [9.17, 15) is 20.2 Å². The van der Waals surface area contributed by atoms with Gasteiger partial charge in [0.25, 0.3) is 5.09 Å². The molecule has 0 saturated carbocycles. The van der Waals surface area contributed by atoms with Crippen molar-refractivity contribution in [2.45, 2.75) is 5.60 Å². The molecule has 1 aliphatic heterocycles. The van der Waals surface area contributed by atoms with Crippen LogP contribution in [0.25, 0.3) is 0 Å². The first-order chi connectivity index (χ1) is 5.99. The Hall–Kier alpha value is -1.12. The minimum Gasteiger partial charge on any atom is -0.302 e. The van der Waals surface area contributed by atoms with Crippen molar-refractivity contribution in [3.63, 3.8) is 0 Å². The van der Waals surface area contributed by atoms with Gasteiger partial charge in [-0.15, -0.1) is 15.1 Å². The number of nitrogens with zero attached hydrogens (tertiary/aromatic N) is 3. The fourth-order valence-electron chi connectivity index (χ4n) is 1.06. The van der Waals surface area contributed by atoms with Gasteiger partial charge in [-0.2, -0.15) is 0 Å². The molecule has 1 heterocycles. The molecule has 0 amide bonds. The first-order valence-corrected chi connectivity index (χ1v) is 4.40. The van der Waals surface area contributed by atoms with Gasteiger partial charge < -0.3 is 4.84 Å². The van der Waals surface area contributed by atoms with Gasteiger partial charge in [0, 0.05) is 5.33 Å². The number of rotatable bonds is 4. The average molecular weight is 256 g/mol. The zero-order valence-corrected chi connectivity index (χ0v) is 7.97. The monoisotopic (exact) mass is 255 g/mol. The van der Waals surface area contributed by atoms with Crippen LogP contribution in [0.1, 0.15) is 0 Å². The van der Waals surface area contributed by atoms with E-state index in [1.165, 1.54) is 0 Å². The van der Waals surface area contributed by atoms with Gasteiger partial charge in [-0.3, -0.25) is 0 Å². The summed E-state index contributed by atoms with van der Waals surface area (Å²) in [5, 5.41) is 19.7. The van der Waals surface area contributed by atoms with Crippen LogP contribution in [0.5, 0.6) is 0 Å². The maximum atomic E-state index is 10.2. The number of nitro groups is 1. The molecule has 8 nitrogen and oxygen atoms in total. The Bertz CT molecular complexity index is 240. The third-order valence-electron chi connectivity index (χ3n) is 1.68. The highest BCUT2D eigenvalue weighted by Gasteiger charge is 2.51. The second-order valence-electron chi connectivity index (χ2n) is 2.69. The highest BCUT2D eigenvalue weighted by molar-refractivity contribution is 9.09. The summed E-state index contributed by atoms with van der Waals surface area (Å²) >= 11 is 3.01. The van der Waals surface area contributed by atoms with E-state index in [4.69, 9.17) is 0 Å². The van der Waals surface area contributed by atoms with Crippen molar-refractivity contribution in [2.75, 3.05) is 18.4 Å². The van der Waals surface area contributed by atoms with Crippen LogP contribution < -0.4 is 0 Å². The standard InChI is InChI=1S/C4H6BrN3O5/c5-1-4(13-8(11)12)2-6(3-4)7(9)10/h1-3H2. The molecule has 0 radical (unpaired) electrons. The van der Waals surface area contributed by atoms with E-state index in [2.05, 4.69) is 20.8 Å². The Morgan fingerprint density at radius 3 is 2.31 bits per heavy atom. The van der Waals surface area contributed by atoms with E-state index in [-0.39, 0.29) is 18.4 Å². The maximum Gasteiger partial charge on any atom is 0.295 e. The zero-order chi connectivity index (χ0) is 10.1. The van der Waals surface area contributed by atoms with Gasteiger partial charge in [-0.1, -0.05) is 15.9 Å². The van der Waals surface area contributed by atoms with Crippen LogP contribution >= 0.6 is 15.9 Å². The first-order valence-electron chi connectivity index (χ1n) is 3.28. The van der Waals surface area contributed by atoms with Crippen molar-refractivity contribution >= 4 is 15.9 Å². The molecule has 74 valence electrons. The summed E-state index contributed by atoms with van der Waals surface area (Å²) < 4.78 is 0. The molecule has 0 aromatic rings. The minimum atomic E-state index is -1.06. The van der Waals surface area contributed by atoms with Crippen molar-refractivity contribution in [3.05, 3.63) is 20.2 Å². The Labute approximate surface area is 80.8 Å². The van der Waals surface area contributed by atoms with Crippen LogP contribution in [0.4, 0.5) is 0 Å². The number of hydrazine groups is 1. The predicted molar refractivity (Wildman–Crippen MR) is 43.2 cm³/mol. The molecule has 0 aromatic carbocycles. The Kier molecular flexibility index (Phi) is 2.55. The summed E-state index contributed by atoms with van der Waals surface area (Å²) in [6.07, 6.45) is 0. The topological polar surface area (TPSA) is 98.8 Å². The van der Waals surface area contributed by atoms with Crippen LogP contribution in [0, 0.1) is 20.2 Å². The molecule has 0 spiro atoms. The van der Waals surface area contributed by atoms with Crippen molar-refractivity contribution < 1.29 is 15.0 Å². The van der Waals surface area contributed by atoms with E-state index in [1.54, 1.807) is 0 Å². The number of alkyl halides is 1. The lowest BCUT2D eigenvalue weighted by Gasteiger charge is -2.40. The molecule has 9 heteroatoms. The second kappa shape index (κ2) is 3.32. The smallest absolute Gasteiger partial charge is 0.295 e. The van der Waals surface area contributed by atoms with Crippen molar-refractivity contribution in [2.24, 2.45) is 0 Å². The fourth-order valence-corrected chi connectivity index (χ4v) is 1.52. The van der Waals surface area contributed by atoms with E-state index in [0.717, 1.165) is 5.01 Å². The molecule has 1 aliphatic rings. The quantitative estimate of drug-likeness (QED) is 0.393. The second-order valence-corrected chi connectivity index (χ2v) is 3.25. The molecule has 13 heavy (non-hydrogen) atoms. The molecule has 1 saturated heterocycles. The molecular formula is C4H6BrN3O5. The Morgan fingerprint density at radius 1 is 1.46 bits per heavy atom. The van der Waals surface area contributed by atoms with E-state index >= 15 is 0 Å². The lowest BCUT2D eigenvalue weighted by molar-refractivity contribution is -0.799. The molecule has 0 unspecified atom stereocenters. The lowest BCUT2D eigenvalue weighted by atomic mass is 9.99. The minimum absolute atomic E-state index is 0.0772. The highest BCUT2D eigenvalue weighted by Crippen LogP contribution is 2.27. The van der Waals surface area contributed by atoms with Gasteiger partial charge in [0.05, 0.1) is 0 Å². The summed E-state index contributed by atoms with van der Waals surface area (Å²) in [6.45, 7) is -0.154. The predicted octanol–water partition coefficient (Wildman–Crippen LogP) is -0.164. The number of hydrogen-bond donors (Lipinski definition) is 0. The van der Waals surface area contributed by atoms with E-state index in [1.807, 2.05) is 0 Å². The van der Waals surface area contributed by atoms with Gasteiger partial charge >= 0.3 is 0 Å². The van der Waals surface area contributed by atoms with Crippen LogP contribution in [0.15, 0.2) is 0 Å². The molecule has 0 aromatic heterocycles. The molecule has 0 atom stereocenters. The van der Waals surface area contributed by atoms with E-state index < -0.39 is 15.7 Å². The lowest BCUT2D eigenvalue weighted by Crippen LogP contribution is -2.66. The first kappa shape index (κ1) is 9.96. The van der Waals surface area contributed by atoms with Gasteiger partial charge in [0.15, 0.2) is 10.6 Å². The van der Waals surface area contributed by atoms with Crippen LogP contribution in [-0.4, -0.2) is 39.1 Å². The van der Waals surface area contributed by atoms with Crippen molar-refractivity contribution in [1.82, 2.24) is 5.01 Å². The summed E-state index contributed by atoms with van der Waals surface area (Å²) in [6, 6.07) is 0. The maximum absolute atomic E-state index is 10.2. The fraction of sp³-hybridized carbons (Fsp3) is 1.00. The third kappa shape index (κ3) is 1.97. The molecular weight excluding hydrogens is 250 g/mol. The van der Waals surface area contributed by atoms with E-state index in [0.29, 0.717) is 0 Å². The van der Waals surface area contributed by atoms with Gasteiger partial charge in [0.1, 0.15) is 13.1 Å². The van der Waals surface area contributed by atoms with Gasteiger partial charge in [-0.25, -0.2) is 10.1 Å². The van der Waals surface area contributed by atoms with Gasteiger partial charge in [-0.05, 0) is 0 Å². The molecule has 0 aliphatic carbocycles. The number of halogens is 1. The molecule has 0 bridgehead atoms. The largest absolute Gasteiger partial charge is 0.302 e. The molecule has 1 fully saturated rings. The van der Waals surface area contributed by atoms with Crippen molar-refractivity contribution in [1.29, 1.82) is 0 Å². The Balaban J connectivity index is 2.49. The average Bonchev–Trinajstić information content (AvgIpc) is 1.94. The SMILES string of the molecule is O=[N+]([O-])OC1(CBr)CN([N+](=O)[O-])C1. The highest BCUT2D eigenvalue weighted by atomic mass is 79.9. The molecule has 0 N–H and O–H groups in total.